The Balaban J connectivity index is 1.24. The van der Waals surface area contributed by atoms with Gasteiger partial charge in [0.15, 0.2) is 6.61 Å². The molecule has 0 radical (unpaired) electrons. The molecule has 1 aliphatic rings. The van der Waals surface area contributed by atoms with Crippen LogP contribution in [0.3, 0.4) is 0 Å². The van der Waals surface area contributed by atoms with E-state index >= 15 is 0 Å². The molecule has 0 aromatic heterocycles. The second kappa shape index (κ2) is 9.94. The van der Waals surface area contributed by atoms with Crippen LogP contribution in [0.5, 0.6) is 5.75 Å². The molecule has 1 aliphatic heterocycles. The van der Waals surface area contributed by atoms with Gasteiger partial charge in [-0.15, -0.1) is 0 Å². The van der Waals surface area contributed by atoms with Crippen LogP contribution in [0.1, 0.15) is 11.1 Å². The van der Waals surface area contributed by atoms with E-state index < -0.39 is 0 Å². The van der Waals surface area contributed by atoms with Crippen molar-refractivity contribution in [2.45, 2.75) is 6.42 Å². The van der Waals surface area contributed by atoms with Crippen LogP contribution in [0.4, 0.5) is 11.4 Å². The van der Waals surface area contributed by atoms with Crippen molar-refractivity contribution in [2.75, 3.05) is 43.1 Å². The van der Waals surface area contributed by atoms with E-state index in [2.05, 4.69) is 22.3 Å². The molecule has 0 aliphatic carbocycles. The normalized spacial score (nSPS) is 13.7. The number of hydrogen-bond acceptors (Lipinski definition) is 4. The molecule has 3 aromatic rings. The Morgan fingerprint density at radius 1 is 0.867 bits per heavy atom. The molecule has 1 fully saturated rings. The summed E-state index contributed by atoms with van der Waals surface area (Å²) < 4.78 is 11.0. The highest BCUT2D eigenvalue weighted by Crippen LogP contribution is 2.19. The molecule has 1 saturated heterocycles. The molecule has 1 heterocycles. The van der Waals surface area contributed by atoms with Gasteiger partial charge in [0.2, 0.25) is 0 Å². The summed E-state index contributed by atoms with van der Waals surface area (Å²) in [4.78, 5) is 14.5. The summed E-state index contributed by atoms with van der Waals surface area (Å²) in [6, 6.07) is 26.1. The molecule has 154 valence electrons. The quantitative estimate of drug-likeness (QED) is 0.646. The Kier molecular flexibility index (Phi) is 6.62. The Morgan fingerprint density at radius 2 is 1.53 bits per heavy atom. The fourth-order valence-corrected chi connectivity index (χ4v) is 3.46. The minimum Gasteiger partial charge on any atom is -0.484 e. The Morgan fingerprint density at radius 3 is 2.23 bits per heavy atom. The van der Waals surface area contributed by atoms with Crippen LogP contribution in [-0.2, 0) is 16.0 Å². The predicted molar refractivity (Wildman–Crippen MR) is 119 cm³/mol. The van der Waals surface area contributed by atoms with Gasteiger partial charge < -0.3 is 19.7 Å². The van der Waals surface area contributed by atoms with E-state index in [1.54, 1.807) is 0 Å². The van der Waals surface area contributed by atoms with Crippen molar-refractivity contribution in [3.05, 3.63) is 90.0 Å². The topological polar surface area (TPSA) is 50.8 Å². The molecule has 4 rings (SSSR count). The molecule has 1 N–H and O–H groups in total. The lowest BCUT2D eigenvalue weighted by Crippen LogP contribution is -2.36. The van der Waals surface area contributed by atoms with Crippen molar-refractivity contribution < 1.29 is 14.3 Å². The number of nitrogens with one attached hydrogen (secondary N) is 1. The predicted octanol–water partition coefficient (Wildman–Crippen LogP) is 4.13. The summed E-state index contributed by atoms with van der Waals surface area (Å²) in [7, 11) is 0. The molecule has 30 heavy (non-hydrogen) atoms. The number of rotatable bonds is 7. The Bertz CT molecular complexity index is 934. The van der Waals surface area contributed by atoms with E-state index in [4.69, 9.17) is 9.47 Å². The molecule has 0 spiro atoms. The average molecular weight is 402 g/mol. The molecule has 1 amide bonds. The van der Waals surface area contributed by atoms with E-state index in [0.717, 1.165) is 44.1 Å². The minimum absolute atomic E-state index is 0.0246. The number of ether oxygens (including phenoxy) is 2. The SMILES string of the molecule is O=C(COc1ccc(Cc2ccccc2)cc1)Nc1ccc(N2CCOCC2)cc1. The third-order valence-electron chi connectivity index (χ3n) is 5.07. The molecule has 0 saturated carbocycles. The smallest absolute Gasteiger partial charge is 0.262 e. The number of benzene rings is 3. The van der Waals surface area contributed by atoms with Crippen LogP contribution in [0.25, 0.3) is 0 Å². The third kappa shape index (κ3) is 5.61. The van der Waals surface area contributed by atoms with Crippen molar-refractivity contribution in [1.82, 2.24) is 0 Å². The summed E-state index contributed by atoms with van der Waals surface area (Å²) in [5, 5.41) is 2.88. The maximum absolute atomic E-state index is 12.2. The molecule has 0 unspecified atom stereocenters. The largest absolute Gasteiger partial charge is 0.484 e. The first-order valence-corrected chi connectivity index (χ1v) is 10.2. The molecule has 3 aromatic carbocycles. The van der Waals surface area contributed by atoms with Gasteiger partial charge in [-0.3, -0.25) is 4.79 Å². The second-order valence-electron chi connectivity index (χ2n) is 7.29. The van der Waals surface area contributed by atoms with Crippen LogP contribution in [0.2, 0.25) is 0 Å². The molecule has 5 heteroatoms. The highest BCUT2D eigenvalue weighted by atomic mass is 16.5. The number of morpholine rings is 1. The monoisotopic (exact) mass is 402 g/mol. The first-order chi connectivity index (χ1) is 14.8. The van der Waals surface area contributed by atoms with Crippen molar-refractivity contribution in [1.29, 1.82) is 0 Å². The van der Waals surface area contributed by atoms with Gasteiger partial charge in [-0.1, -0.05) is 42.5 Å². The first kappa shape index (κ1) is 20.0. The molecular formula is C25H26N2O3. The van der Waals surface area contributed by atoms with Gasteiger partial charge in [0.05, 0.1) is 13.2 Å². The zero-order valence-electron chi connectivity index (χ0n) is 16.9. The zero-order chi connectivity index (χ0) is 20.6. The molecule has 0 bridgehead atoms. The third-order valence-corrected chi connectivity index (χ3v) is 5.07. The number of hydrogen-bond donors (Lipinski definition) is 1. The summed E-state index contributed by atoms with van der Waals surface area (Å²) in [5.74, 6) is 0.507. The van der Waals surface area contributed by atoms with Gasteiger partial charge in [0, 0.05) is 24.5 Å². The number of nitrogens with zero attached hydrogens (tertiary/aromatic N) is 1. The number of carbonyl (C=O) groups is 1. The first-order valence-electron chi connectivity index (χ1n) is 10.2. The van der Waals surface area contributed by atoms with Crippen molar-refractivity contribution in [3.8, 4) is 5.75 Å². The minimum atomic E-state index is -0.178. The summed E-state index contributed by atoms with van der Waals surface area (Å²) in [5.41, 5.74) is 4.38. The number of carbonyl (C=O) groups excluding carboxylic acids is 1. The number of anilines is 2. The Hall–Kier alpha value is -3.31. The molecular weight excluding hydrogens is 376 g/mol. The standard InChI is InChI=1S/C25H26N2O3/c28-25(26-22-8-10-23(11-9-22)27-14-16-29-17-15-27)19-30-24-12-6-21(7-13-24)18-20-4-2-1-3-5-20/h1-13H,14-19H2,(H,26,28). The number of amides is 1. The van der Waals surface area contributed by atoms with Crippen molar-refractivity contribution in [2.24, 2.45) is 0 Å². The van der Waals surface area contributed by atoms with E-state index in [-0.39, 0.29) is 12.5 Å². The van der Waals surface area contributed by atoms with Gasteiger partial charge in [-0.2, -0.15) is 0 Å². The maximum atomic E-state index is 12.2. The van der Waals surface area contributed by atoms with Crippen molar-refractivity contribution in [3.63, 3.8) is 0 Å². The fourth-order valence-electron chi connectivity index (χ4n) is 3.46. The van der Waals surface area contributed by atoms with E-state index in [0.29, 0.717) is 5.75 Å². The zero-order valence-corrected chi connectivity index (χ0v) is 16.9. The van der Waals surface area contributed by atoms with Crippen LogP contribution in [0, 0.1) is 0 Å². The van der Waals surface area contributed by atoms with E-state index in [1.807, 2.05) is 66.7 Å². The van der Waals surface area contributed by atoms with Gasteiger partial charge in [-0.25, -0.2) is 0 Å². The van der Waals surface area contributed by atoms with E-state index in [1.165, 1.54) is 11.1 Å². The second-order valence-corrected chi connectivity index (χ2v) is 7.29. The highest BCUT2D eigenvalue weighted by molar-refractivity contribution is 5.92. The fraction of sp³-hybridized carbons (Fsp3) is 0.240. The van der Waals surface area contributed by atoms with Gasteiger partial charge in [0.25, 0.3) is 5.91 Å². The van der Waals surface area contributed by atoms with Crippen LogP contribution >= 0.6 is 0 Å². The Labute approximate surface area is 177 Å². The maximum Gasteiger partial charge on any atom is 0.262 e. The lowest BCUT2D eigenvalue weighted by molar-refractivity contribution is -0.118. The highest BCUT2D eigenvalue weighted by Gasteiger charge is 2.11. The molecule has 0 atom stereocenters. The summed E-state index contributed by atoms with van der Waals surface area (Å²) in [6.45, 7) is 3.27. The van der Waals surface area contributed by atoms with Crippen LogP contribution in [0.15, 0.2) is 78.9 Å². The van der Waals surface area contributed by atoms with E-state index in [9.17, 15) is 4.79 Å². The summed E-state index contributed by atoms with van der Waals surface area (Å²) >= 11 is 0. The summed E-state index contributed by atoms with van der Waals surface area (Å²) in [6.07, 6.45) is 0.877. The van der Waals surface area contributed by atoms with Crippen LogP contribution in [-0.4, -0.2) is 38.8 Å². The molecule has 5 nitrogen and oxygen atoms in total. The van der Waals surface area contributed by atoms with Crippen LogP contribution < -0.4 is 15.0 Å². The lowest BCUT2D eigenvalue weighted by atomic mass is 10.1. The average Bonchev–Trinajstić information content (AvgIpc) is 2.80. The van der Waals surface area contributed by atoms with Gasteiger partial charge in [0.1, 0.15) is 5.75 Å². The lowest BCUT2D eigenvalue weighted by Gasteiger charge is -2.28. The van der Waals surface area contributed by atoms with Crippen molar-refractivity contribution >= 4 is 17.3 Å². The van der Waals surface area contributed by atoms with Gasteiger partial charge in [-0.05, 0) is 53.9 Å². The van der Waals surface area contributed by atoms with Gasteiger partial charge >= 0.3 is 0 Å².